The molecule has 0 atom stereocenters. The van der Waals surface area contributed by atoms with Crippen LogP contribution >= 0.6 is 11.6 Å². The van der Waals surface area contributed by atoms with Gasteiger partial charge in [-0.25, -0.2) is 4.39 Å². The Balaban J connectivity index is 1.50. The summed E-state index contributed by atoms with van der Waals surface area (Å²) >= 11 is 5.71. The monoisotopic (exact) mass is 322 g/mol. The molecule has 1 aliphatic heterocycles. The minimum absolute atomic E-state index is 0.0371. The molecule has 3 rings (SSSR count). The van der Waals surface area contributed by atoms with E-state index in [1.165, 1.54) is 24.7 Å². The van der Waals surface area contributed by atoms with Crippen LogP contribution in [0, 0.1) is 11.7 Å². The maximum Gasteiger partial charge on any atom is 0.256 e. The van der Waals surface area contributed by atoms with Gasteiger partial charge in [0.05, 0.1) is 30.8 Å². The Kier molecular flexibility index (Phi) is 4.15. The first kappa shape index (κ1) is 14.6. The third-order valence-corrected chi connectivity index (χ3v) is 3.48. The van der Waals surface area contributed by atoms with Crippen molar-refractivity contribution < 1.29 is 13.9 Å². The second kappa shape index (κ2) is 6.23. The maximum absolute atomic E-state index is 13.5. The van der Waals surface area contributed by atoms with Gasteiger partial charge in [-0.15, -0.1) is 0 Å². The van der Waals surface area contributed by atoms with Crippen LogP contribution < -0.4 is 4.74 Å². The van der Waals surface area contributed by atoms with Gasteiger partial charge in [-0.1, -0.05) is 11.6 Å². The zero-order chi connectivity index (χ0) is 15.5. The predicted octanol–water partition coefficient (Wildman–Crippen LogP) is 1.82. The van der Waals surface area contributed by atoms with Crippen LogP contribution in [-0.2, 0) is 0 Å². The first-order valence-corrected chi connectivity index (χ1v) is 7.00. The molecule has 1 amide bonds. The van der Waals surface area contributed by atoms with E-state index in [2.05, 4.69) is 15.0 Å². The SMILES string of the molecule is O=C(c1ccncc1F)N1CC(COc2cncc(Cl)n2)C1. The number of likely N-dealkylation sites (tertiary alicyclic amines) is 1. The van der Waals surface area contributed by atoms with Crippen LogP contribution in [0.4, 0.5) is 4.39 Å². The molecule has 3 heterocycles. The molecule has 0 aromatic carbocycles. The molecule has 6 nitrogen and oxygen atoms in total. The zero-order valence-corrected chi connectivity index (χ0v) is 12.2. The van der Waals surface area contributed by atoms with Gasteiger partial charge in [0.1, 0.15) is 0 Å². The average Bonchev–Trinajstić information content (AvgIpc) is 2.46. The number of nitrogens with zero attached hydrogens (tertiary/aromatic N) is 4. The number of ether oxygens (including phenoxy) is 1. The second-order valence-electron chi connectivity index (χ2n) is 4.92. The molecule has 2 aromatic rings. The molecule has 1 saturated heterocycles. The largest absolute Gasteiger partial charge is 0.476 e. The molecular formula is C14H12ClFN4O2. The number of hydrogen-bond donors (Lipinski definition) is 0. The molecule has 114 valence electrons. The van der Waals surface area contributed by atoms with Crippen LogP contribution in [0.15, 0.2) is 30.9 Å². The number of carbonyl (C=O) groups is 1. The fraction of sp³-hybridized carbons (Fsp3) is 0.286. The standard InChI is InChI=1S/C14H12ClFN4O2/c15-12-4-18-5-13(19-12)22-8-9-6-20(7-9)14(21)10-1-2-17-3-11(10)16/h1-5,9H,6-8H2. The minimum atomic E-state index is -0.610. The lowest BCUT2D eigenvalue weighted by molar-refractivity contribution is 0.0383. The minimum Gasteiger partial charge on any atom is -0.476 e. The van der Waals surface area contributed by atoms with Crippen LogP contribution in [0.5, 0.6) is 5.88 Å². The predicted molar refractivity (Wildman–Crippen MR) is 76.1 cm³/mol. The number of hydrogen-bond acceptors (Lipinski definition) is 5. The highest BCUT2D eigenvalue weighted by Crippen LogP contribution is 2.21. The summed E-state index contributed by atoms with van der Waals surface area (Å²) in [6.45, 7) is 1.42. The van der Waals surface area contributed by atoms with Gasteiger partial charge in [-0.2, -0.15) is 4.98 Å². The van der Waals surface area contributed by atoms with Crippen LogP contribution in [-0.4, -0.2) is 45.5 Å². The Hall–Kier alpha value is -2.28. The first-order valence-electron chi connectivity index (χ1n) is 6.62. The van der Waals surface area contributed by atoms with Crippen molar-refractivity contribution in [2.24, 2.45) is 5.92 Å². The zero-order valence-electron chi connectivity index (χ0n) is 11.4. The number of amides is 1. The highest BCUT2D eigenvalue weighted by molar-refractivity contribution is 6.29. The number of halogens is 2. The van der Waals surface area contributed by atoms with Crippen molar-refractivity contribution in [3.8, 4) is 5.88 Å². The van der Waals surface area contributed by atoms with E-state index in [-0.39, 0.29) is 22.5 Å². The number of aromatic nitrogens is 3. The Labute approximate surface area is 130 Å². The third-order valence-electron chi connectivity index (χ3n) is 3.30. The van der Waals surface area contributed by atoms with E-state index in [0.29, 0.717) is 25.6 Å². The molecule has 0 radical (unpaired) electrons. The van der Waals surface area contributed by atoms with Crippen molar-refractivity contribution in [3.05, 3.63) is 47.4 Å². The smallest absolute Gasteiger partial charge is 0.256 e. The lowest BCUT2D eigenvalue weighted by Crippen LogP contribution is -2.52. The number of carbonyl (C=O) groups excluding carboxylic acids is 1. The van der Waals surface area contributed by atoms with Gasteiger partial charge in [-0.3, -0.25) is 14.8 Å². The summed E-state index contributed by atoms with van der Waals surface area (Å²) in [6.07, 6.45) is 5.32. The molecule has 22 heavy (non-hydrogen) atoms. The molecule has 0 N–H and O–H groups in total. The molecule has 0 saturated carbocycles. The van der Waals surface area contributed by atoms with Crippen LogP contribution in [0.3, 0.4) is 0 Å². The lowest BCUT2D eigenvalue weighted by Gasteiger charge is -2.38. The molecule has 0 unspecified atom stereocenters. The van der Waals surface area contributed by atoms with Crippen LogP contribution in [0.25, 0.3) is 0 Å². The van der Waals surface area contributed by atoms with Gasteiger partial charge in [0.25, 0.3) is 5.91 Å². The van der Waals surface area contributed by atoms with Crippen molar-refractivity contribution in [3.63, 3.8) is 0 Å². The van der Waals surface area contributed by atoms with E-state index < -0.39 is 5.82 Å². The van der Waals surface area contributed by atoms with E-state index in [0.717, 1.165) is 6.20 Å². The Morgan fingerprint density at radius 1 is 1.36 bits per heavy atom. The third kappa shape index (κ3) is 3.14. The Bertz CT molecular complexity index is 694. The fourth-order valence-corrected chi connectivity index (χ4v) is 2.30. The topological polar surface area (TPSA) is 68.2 Å². The van der Waals surface area contributed by atoms with Gasteiger partial charge in [0.15, 0.2) is 11.0 Å². The highest BCUT2D eigenvalue weighted by atomic mass is 35.5. The van der Waals surface area contributed by atoms with Crippen LogP contribution in [0.2, 0.25) is 5.15 Å². The maximum atomic E-state index is 13.5. The van der Waals surface area contributed by atoms with Crippen molar-refractivity contribution in [1.82, 2.24) is 19.9 Å². The summed E-state index contributed by atoms with van der Waals surface area (Å²) in [7, 11) is 0. The summed E-state index contributed by atoms with van der Waals surface area (Å²) in [5, 5.41) is 0.260. The van der Waals surface area contributed by atoms with Crippen molar-refractivity contribution in [1.29, 1.82) is 0 Å². The molecule has 1 fully saturated rings. The molecular weight excluding hydrogens is 311 g/mol. The highest BCUT2D eigenvalue weighted by Gasteiger charge is 2.32. The molecule has 0 spiro atoms. The van der Waals surface area contributed by atoms with E-state index in [9.17, 15) is 9.18 Å². The van der Waals surface area contributed by atoms with Gasteiger partial charge in [-0.05, 0) is 6.07 Å². The summed E-state index contributed by atoms with van der Waals surface area (Å²) in [4.78, 5) is 25.1. The molecule has 0 bridgehead atoms. The van der Waals surface area contributed by atoms with Gasteiger partial charge in [0.2, 0.25) is 5.88 Å². The second-order valence-corrected chi connectivity index (χ2v) is 5.31. The Morgan fingerprint density at radius 3 is 2.91 bits per heavy atom. The summed E-state index contributed by atoms with van der Waals surface area (Å²) in [5.74, 6) is -0.424. The fourth-order valence-electron chi connectivity index (χ4n) is 2.16. The van der Waals surface area contributed by atoms with E-state index in [1.807, 2.05) is 0 Å². The summed E-state index contributed by atoms with van der Waals surface area (Å²) < 4.78 is 19.0. The number of pyridine rings is 1. The average molecular weight is 323 g/mol. The molecule has 8 heteroatoms. The first-order chi connectivity index (χ1) is 10.6. The van der Waals surface area contributed by atoms with Gasteiger partial charge in [0, 0.05) is 25.2 Å². The number of rotatable bonds is 4. The quantitative estimate of drug-likeness (QED) is 0.859. The van der Waals surface area contributed by atoms with E-state index >= 15 is 0 Å². The van der Waals surface area contributed by atoms with Gasteiger partial charge >= 0.3 is 0 Å². The van der Waals surface area contributed by atoms with E-state index in [4.69, 9.17) is 16.3 Å². The summed E-state index contributed by atoms with van der Waals surface area (Å²) in [5.41, 5.74) is 0.0371. The van der Waals surface area contributed by atoms with Gasteiger partial charge < -0.3 is 9.64 Å². The molecule has 0 aliphatic carbocycles. The van der Waals surface area contributed by atoms with E-state index in [1.54, 1.807) is 4.90 Å². The van der Waals surface area contributed by atoms with Crippen molar-refractivity contribution >= 4 is 17.5 Å². The molecule has 2 aromatic heterocycles. The van der Waals surface area contributed by atoms with Crippen LogP contribution in [0.1, 0.15) is 10.4 Å². The van der Waals surface area contributed by atoms with Crippen molar-refractivity contribution in [2.45, 2.75) is 0 Å². The molecule has 1 aliphatic rings. The summed E-state index contributed by atoms with van der Waals surface area (Å²) in [6, 6.07) is 1.38. The lowest BCUT2D eigenvalue weighted by atomic mass is 10.00. The van der Waals surface area contributed by atoms with Crippen molar-refractivity contribution in [2.75, 3.05) is 19.7 Å². The Morgan fingerprint density at radius 2 is 2.18 bits per heavy atom. The normalized spacial score (nSPS) is 14.5.